The summed E-state index contributed by atoms with van der Waals surface area (Å²) in [6, 6.07) is 0. The minimum Gasteiger partial charge on any atom is -0.477 e. The number of amides is 1. The van der Waals surface area contributed by atoms with Crippen LogP contribution in [0.15, 0.2) is 5.16 Å². The molecule has 2 aliphatic rings. The Morgan fingerprint density at radius 3 is 2.74 bits per heavy atom. The molecule has 2 rings (SSSR count). The molecule has 0 aromatic heterocycles. The number of carbonyl (C=O) groups excluding carboxylic acids is 1. The molecule has 0 radical (unpaired) electrons. The van der Waals surface area contributed by atoms with E-state index in [1.165, 1.54) is 4.90 Å². The Bertz CT molecular complexity index is 426. The van der Waals surface area contributed by atoms with Gasteiger partial charge in [0, 0.05) is 19.5 Å². The average molecular weight is 270 g/mol. The van der Waals surface area contributed by atoms with E-state index in [4.69, 9.17) is 14.7 Å². The van der Waals surface area contributed by atoms with E-state index in [1.807, 2.05) is 0 Å². The Morgan fingerprint density at radius 1 is 1.47 bits per heavy atom. The molecule has 1 amide bonds. The zero-order chi connectivity index (χ0) is 14.2. The molecular weight excluding hydrogens is 252 g/mol. The van der Waals surface area contributed by atoms with Crippen molar-refractivity contribution in [1.82, 2.24) is 4.90 Å². The molecule has 7 heteroatoms. The lowest BCUT2D eigenvalue weighted by molar-refractivity contribution is -0.129. The Hall–Kier alpha value is -1.79. The number of carboxylic acids is 1. The van der Waals surface area contributed by atoms with Crippen molar-refractivity contribution in [3.8, 4) is 0 Å². The van der Waals surface area contributed by atoms with Crippen LogP contribution in [0.5, 0.6) is 0 Å². The maximum atomic E-state index is 12.0. The molecule has 19 heavy (non-hydrogen) atoms. The summed E-state index contributed by atoms with van der Waals surface area (Å²) >= 11 is 0. The number of hydrogen-bond donors (Lipinski definition) is 1. The quantitative estimate of drug-likeness (QED) is 0.770. The van der Waals surface area contributed by atoms with Crippen molar-refractivity contribution in [2.24, 2.45) is 11.1 Å². The predicted molar refractivity (Wildman–Crippen MR) is 65.9 cm³/mol. The summed E-state index contributed by atoms with van der Waals surface area (Å²) in [5, 5.41) is 12.6. The third kappa shape index (κ3) is 2.97. The summed E-state index contributed by atoms with van der Waals surface area (Å²) in [6.07, 6.45) is -0.114. The number of fused-ring (bicyclic) bond motifs is 1. The van der Waals surface area contributed by atoms with Crippen molar-refractivity contribution in [2.45, 2.75) is 38.9 Å². The van der Waals surface area contributed by atoms with E-state index in [0.717, 1.165) is 0 Å². The number of likely N-dealkylation sites (tertiary alicyclic amines) is 1. The van der Waals surface area contributed by atoms with Crippen molar-refractivity contribution in [1.29, 1.82) is 0 Å². The second kappa shape index (κ2) is 4.71. The highest BCUT2D eigenvalue weighted by molar-refractivity contribution is 6.36. The molecule has 0 saturated carbocycles. The highest BCUT2D eigenvalue weighted by atomic mass is 16.6. The Balaban J connectivity index is 2.02. The van der Waals surface area contributed by atoms with Crippen molar-refractivity contribution in [2.75, 3.05) is 13.1 Å². The molecule has 0 unspecified atom stereocenters. The van der Waals surface area contributed by atoms with E-state index in [1.54, 1.807) is 20.8 Å². The second-order valence-electron chi connectivity index (χ2n) is 5.75. The van der Waals surface area contributed by atoms with Crippen LogP contribution in [0.1, 0.15) is 27.2 Å². The van der Waals surface area contributed by atoms with Gasteiger partial charge in [0.25, 0.3) is 0 Å². The standard InChI is InChI=1S/C12H18N2O5/c1-12(2,3)18-11(17)14-5-4-8-7(6-14)9(10(15)16)13-19-8/h7-8H,4-6H2,1-3H3,(H,15,16)/t7-,8-/m1/s1. The Morgan fingerprint density at radius 2 is 2.16 bits per heavy atom. The molecule has 1 saturated heterocycles. The number of ether oxygens (including phenoxy) is 1. The molecule has 0 spiro atoms. The monoisotopic (exact) mass is 270 g/mol. The minimum atomic E-state index is -1.10. The number of hydrogen-bond acceptors (Lipinski definition) is 5. The lowest BCUT2D eigenvalue weighted by Gasteiger charge is -2.34. The summed E-state index contributed by atoms with van der Waals surface area (Å²) in [4.78, 5) is 29.6. The molecule has 0 aromatic carbocycles. The van der Waals surface area contributed by atoms with Gasteiger partial charge in [0.15, 0.2) is 5.71 Å². The zero-order valence-electron chi connectivity index (χ0n) is 11.3. The number of nitrogens with zero attached hydrogens (tertiary/aromatic N) is 2. The van der Waals surface area contributed by atoms with Crippen molar-refractivity contribution in [3.63, 3.8) is 0 Å². The lowest BCUT2D eigenvalue weighted by atomic mass is 9.91. The first-order chi connectivity index (χ1) is 8.78. The average Bonchev–Trinajstić information content (AvgIpc) is 2.68. The van der Waals surface area contributed by atoms with E-state index in [2.05, 4.69) is 5.16 Å². The molecule has 7 nitrogen and oxygen atoms in total. The van der Waals surface area contributed by atoms with Crippen LogP contribution in [0.4, 0.5) is 4.79 Å². The molecule has 1 fully saturated rings. The van der Waals surface area contributed by atoms with E-state index in [0.29, 0.717) is 13.0 Å². The lowest BCUT2D eigenvalue weighted by Crippen LogP contribution is -2.49. The van der Waals surface area contributed by atoms with Gasteiger partial charge in [-0.05, 0) is 20.8 Å². The number of aliphatic carboxylic acids is 1. The van der Waals surface area contributed by atoms with Gasteiger partial charge in [-0.25, -0.2) is 9.59 Å². The number of carboxylic acid groups (broad SMARTS) is 1. The molecule has 0 bridgehead atoms. The van der Waals surface area contributed by atoms with Crippen LogP contribution in [-0.4, -0.2) is 52.6 Å². The van der Waals surface area contributed by atoms with Crippen molar-refractivity contribution < 1.29 is 24.3 Å². The van der Waals surface area contributed by atoms with Crippen LogP contribution in [0.3, 0.4) is 0 Å². The predicted octanol–water partition coefficient (Wildman–Crippen LogP) is 1.08. The molecule has 0 aromatic rings. The molecule has 2 aliphatic heterocycles. The summed E-state index contributed by atoms with van der Waals surface area (Å²) < 4.78 is 5.28. The minimum absolute atomic E-state index is 0.0155. The SMILES string of the molecule is CC(C)(C)OC(=O)N1CC[C@H]2ON=C(C(=O)O)[C@@H]2C1. The first-order valence-electron chi connectivity index (χ1n) is 6.23. The summed E-state index contributed by atoms with van der Waals surface area (Å²) in [6.45, 7) is 6.13. The number of piperidine rings is 1. The van der Waals surface area contributed by atoms with Crippen LogP contribution in [0.2, 0.25) is 0 Å². The maximum absolute atomic E-state index is 12.0. The van der Waals surface area contributed by atoms with Crippen LogP contribution in [-0.2, 0) is 14.4 Å². The topological polar surface area (TPSA) is 88.4 Å². The number of oxime groups is 1. The summed E-state index contributed by atoms with van der Waals surface area (Å²) in [5.41, 5.74) is -0.581. The first-order valence-corrected chi connectivity index (χ1v) is 6.23. The third-order valence-electron chi connectivity index (χ3n) is 3.06. The fraction of sp³-hybridized carbons (Fsp3) is 0.750. The highest BCUT2D eigenvalue weighted by Crippen LogP contribution is 2.28. The van der Waals surface area contributed by atoms with Gasteiger partial charge in [0.2, 0.25) is 0 Å². The molecule has 106 valence electrons. The van der Waals surface area contributed by atoms with Crippen molar-refractivity contribution in [3.05, 3.63) is 0 Å². The highest BCUT2D eigenvalue weighted by Gasteiger charge is 2.43. The molecular formula is C12H18N2O5. The van der Waals surface area contributed by atoms with Crippen molar-refractivity contribution >= 4 is 17.8 Å². The van der Waals surface area contributed by atoms with E-state index >= 15 is 0 Å². The second-order valence-corrected chi connectivity index (χ2v) is 5.75. The largest absolute Gasteiger partial charge is 0.477 e. The fourth-order valence-electron chi connectivity index (χ4n) is 2.20. The third-order valence-corrected chi connectivity index (χ3v) is 3.06. The number of carbonyl (C=O) groups is 2. The zero-order valence-corrected chi connectivity index (χ0v) is 11.3. The summed E-state index contributed by atoms with van der Waals surface area (Å²) in [5.74, 6) is -1.47. The van der Waals surface area contributed by atoms with E-state index < -0.39 is 17.7 Å². The number of rotatable bonds is 1. The van der Waals surface area contributed by atoms with Crippen LogP contribution >= 0.6 is 0 Å². The smallest absolute Gasteiger partial charge is 0.410 e. The van der Waals surface area contributed by atoms with Crippen LogP contribution in [0.25, 0.3) is 0 Å². The molecule has 2 heterocycles. The Kier molecular flexibility index (Phi) is 3.38. The van der Waals surface area contributed by atoms with Gasteiger partial charge in [-0.1, -0.05) is 5.16 Å². The summed E-state index contributed by atoms with van der Waals surface area (Å²) in [7, 11) is 0. The van der Waals surface area contributed by atoms with Gasteiger partial charge in [0.1, 0.15) is 11.7 Å². The van der Waals surface area contributed by atoms with E-state index in [9.17, 15) is 9.59 Å². The molecule has 2 atom stereocenters. The van der Waals surface area contributed by atoms with Gasteiger partial charge in [-0.3, -0.25) is 0 Å². The molecule has 1 N–H and O–H groups in total. The maximum Gasteiger partial charge on any atom is 0.410 e. The van der Waals surface area contributed by atoms with Gasteiger partial charge in [0.05, 0.1) is 5.92 Å². The van der Waals surface area contributed by atoms with Crippen LogP contribution < -0.4 is 0 Å². The normalized spacial score (nSPS) is 26.3. The van der Waals surface area contributed by atoms with Gasteiger partial charge in [-0.15, -0.1) is 0 Å². The molecule has 0 aliphatic carbocycles. The Labute approximate surface area is 111 Å². The fourth-order valence-corrected chi connectivity index (χ4v) is 2.20. The van der Waals surface area contributed by atoms with Crippen LogP contribution in [0, 0.1) is 5.92 Å². The van der Waals surface area contributed by atoms with Gasteiger partial charge < -0.3 is 19.6 Å². The van der Waals surface area contributed by atoms with Gasteiger partial charge in [-0.2, -0.15) is 0 Å². The first kappa shape index (κ1) is 13.6. The van der Waals surface area contributed by atoms with E-state index in [-0.39, 0.29) is 24.3 Å². The van der Waals surface area contributed by atoms with Gasteiger partial charge >= 0.3 is 12.1 Å².